The Balaban J connectivity index is 0.00000192. The van der Waals surface area contributed by atoms with Crippen LogP contribution in [0.15, 0.2) is 42.4 Å². The summed E-state index contributed by atoms with van der Waals surface area (Å²) in [6.07, 6.45) is 7.99. The molecule has 23 heavy (non-hydrogen) atoms. The van der Waals surface area contributed by atoms with Crippen LogP contribution in [0.4, 0.5) is 0 Å². The standard InChI is InChI=1S/C17H20N2O3.H2O/c20-17(21)15-9-14(16-3-1-2-6-18-16)11-19(12-15)10-13-4-7-22-8-5-13;/h1-3,6,11-13H,4-5,7-10H2,(H,20,21);1H2. The van der Waals surface area contributed by atoms with Gasteiger partial charge in [-0.15, -0.1) is 0 Å². The normalized spacial score (nSPS) is 18.7. The molecule has 0 aromatic carbocycles. The number of carboxylic acids is 1. The molecule has 124 valence electrons. The molecule has 3 heterocycles. The van der Waals surface area contributed by atoms with Gasteiger partial charge in [0.25, 0.3) is 0 Å². The van der Waals surface area contributed by atoms with Crippen molar-refractivity contribution in [1.82, 2.24) is 9.88 Å². The zero-order chi connectivity index (χ0) is 15.4. The summed E-state index contributed by atoms with van der Waals surface area (Å²) in [6.45, 7) is 2.42. The highest BCUT2D eigenvalue weighted by atomic mass is 16.5. The maximum absolute atomic E-state index is 11.4. The van der Waals surface area contributed by atoms with Crippen LogP contribution in [0.1, 0.15) is 25.0 Å². The fourth-order valence-corrected chi connectivity index (χ4v) is 2.91. The maximum atomic E-state index is 11.4. The van der Waals surface area contributed by atoms with Crippen molar-refractivity contribution in [3.05, 3.63) is 48.1 Å². The van der Waals surface area contributed by atoms with Crippen molar-refractivity contribution in [1.29, 1.82) is 0 Å². The number of ether oxygens (including phenoxy) is 1. The minimum Gasteiger partial charge on any atom is -0.478 e. The van der Waals surface area contributed by atoms with E-state index in [9.17, 15) is 9.90 Å². The van der Waals surface area contributed by atoms with Crippen molar-refractivity contribution in [2.45, 2.75) is 19.3 Å². The van der Waals surface area contributed by atoms with E-state index < -0.39 is 5.97 Å². The average Bonchev–Trinajstić information content (AvgIpc) is 2.56. The first-order chi connectivity index (χ1) is 10.7. The topological polar surface area (TPSA) is 94.2 Å². The molecule has 6 heteroatoms. The predicted octanol–water partition coefficient (Wildman–Crippen LogP) is 1.70. The van der Waals surface area contributed by atoms with Gasteiger partial charge in [-0.05, 0) is 36.5 Å². The first-order valence-corrected chi connectivity index (χ1v) is 7.62. The molecular weight excluding hydrogens is 296 g/mol. The number of pyridine rings is 1. The molecule has 2 aliphatic rings. The van der Waals surface area contributed by atoms with E-state index in [4.69, 9.17) is 4.74 Å². The van der Waals surface area contributed by atoms with Crippen LogP contribution >= 0.6 is 0 Å². The third-order valence-electron chi connectivity index (χ3n) is 4.10. The SMILES string of the molecule is O.O=C(O)C1=CN(CC2CCOCC2)C=C(c2ccccn2)C1. The fraction of sp³-hybridized carbons (Fsp3) is 0.412. The molecule has 6 nitrogen and oxygen atoms in total. The van der Waals surface area contributed by atoms with E-state index in [2.05, 4.69) is 4.98 Å². The van der Waals surface area contributed by atoms with E-state index in [1.165, 1.54) is 0 Å². The lowest BCUT2D eigenvalue weighted by atomic mass is 9.97. The van der Waals surface area contributed by atoms with Gasteiger partial charge in [0.15, 0.2) is 0 Å². The number of carbonyl (C=O) groups is 1. The second-order valence-corrected chi connectivity index (χ2v) is 5.76. The van der Waals surface area contributed by atoms with E-state index in [1.807, 2.05) is 29.3 Å². The van der Waals surface area contributed by atoms with Crippen LogP contribution < -0.4 is 0 Å². The van der Waals surface area contributed by atoms with Gasteiger partial charge in [0.1, 0.15) is 0 Å². The summed E-state index contributed by atoms with van der Waals surface area (Å²) in [5.41, 5.74) is 2.20. The van der Waals surface area contributed by atoms with E-state index in [0.717, 1.165) is 43.9 Å². The highest BCUT2D eigenvalue weighted by Gasteiger charge is 2.22. The lowest BCUT2D eigenvalue weighted by Gasteiger charge is -2.30. The molecule has 1 fully saturated rings. The molecule has 0 amide bonds. The number of rotatable bonds is 4. The molecule has 0 aliphatic carbocycles. The molecule has 0 radical (unpaired) electrons. The summed E-state index contributed by atoms with van der Waals surface area (Å²) >= 11 is 0. The summed E-state index contributed by atoms with van der Waals surface area (Å²) in [6, 6.07) is 5.70. The van der Waals surface area contributed by atoms with Crippen molar-refractivity contribution < 1.29 is 20.1 Å². The summed E-state index contributed by atoms with van der Waals surface area (Å²) in [7, 11) is 0. The van der Waals surface area contributed by atoms with Gasteiger partial charge in [0.05, 0.1) is 11.3 Å². The van der Waals surface area contributed by atoms with Crippen LogP contribution in [-0.2, 0) is 9.53 Å². The molecule has 3 N–H and O–H groups in total. The Kier molecular flexibility index (Phi) is 5.90. The smallest absolute Gasteiger partial charge is 0.333 e. The number of allylic oxidation sites excluding steroid dienone is 1. The third kappa shape index (κ3) is 4.40. The fourth-order valence-electron chi connectivity index (χ4n) is 2.91. The third-order valence-corrected chi connectivity index (χ3v) is 4.10. The largest absolute Gasteiger partial charge is 0.478 e. The van der Waals surface area contributed by atoms with Crippen LogP contribution in [0, 0.1) is 5.92 Å². The van der Waals surface area contributed by atoms with Crippen molar-refractivity contribution in [3.8, 4) is 0 Å². The molecule has 1 aromatic rings. The van der Waals surface area contributed by atoms with Gasteiger partial charge in [-0.2, -0.15) is 0 Å². The first-order valence-electron chi connectivity index (χ1n) is 7.62. The molecule has 0 spiro atoms. The lowest BCUT2D eigenvalue weighted by molar-refractivity contribution is -0.132. The summed E-state index contributed by atoms with van der Waals surface area (Å²) in [5, 5.41) is 9.36. The molecule has 0 saturated carbocycles. The monoisotopic (exact) mass is 318 g/mol. The van der Waals surface area contributed by atoms with E-state index in [-0.39, 0.29) is 5.48 Å². The molecule has 0 atom stereocenters. The summed E-state index contributed by atoms with van der Waals surface area (Å²) in [5.74, 6) is -0.321. The van der Waals surface area contributed by atoms with Gasteiger partial charge >= 0.3 is 5.97 Å². The minimum absolute atomic E-state index is 0. The Morgan fingerprint density at radius 3 is 2.74 bits per heavy atom. The molecule has 0 bridgehead atoms. The lowest BCUT2D eigenvalue weighted by Crippen LogP contribution is -2.28. The van der Waals surface area contributed by atoms with E-state index in [0.29, 0.717) is 17.9 Å². The molecule has 1 saturated heterocycles. The zero-order valence-electron chi connectivity index (χ0n) is 12.9. The van der Waals surface area contributed by atoms with Crippen LogP contribution in [0.25, 0.3) is 5.57 Å². The Bertz CT molecular complexity index is 592. The first kappa shape index (κ1) is 17.2. The second kappa shape index (κ2) is 7.89. The van der Waals surface area contributed by atoms with Crippen molar-refractivity contribution in [2.24, 2.45) is 5.92 Å². The number of aromatic nitrogens is 1. The highest BCUT2D eigenvalue weighted by Crippen LogP contribution is 2.28. The Hall–Kier alpha value is -2.18. The van der Waals surface area contributed by atoms with Crippen LogP contribution in [0.5, 0.6) is 0 Å². The molecule has 2 aliphatic heterocycles. The van der Waals surface area contributed by atoms with Gasteiger partial charge in [0, 0.05) is 44.8 Å². The van der Waals surface area contributed by atoms with Gasteiger partial charge < -0.3 is 20.2 Å². The Morgan fingerprint density at radius 2 is 2.09 bits per heavy atom. The van der Waals surface area contributed by atoms with Crippen molar-refractivity contribution >= 4 is 11.5 Å². The summed E-state index contributed by atoms with van der Waals surface area (Å²) in [4.78, 5) is 17.8. The zero-order valence-corrected chi connectivity index (χ0v) is 12.9. The highest BCUT2D eigenvalue weighted by molar-refractivity contribution is 5.90. The number of nitrogens with zero attached hydrogens (tertiary/aromatic N) is 2. The van der Waals surface area contributed by atoms with Crippen molar-refractivity contribution in [3.63, 3.8) is 0 Å². The number of hydrogen-bond donors (Lipinski definition) is 1. The minimum atomic E-state index is -0.862. The number of carboxylic acid groups (broad SMARTS) is 1. The van der Waals surface area contributed by atoms with Gasteiger partial charge in [-0.1, -0.05) is 6.07 Å². The van der Waals surface area contributed by atoms with Crippen LogP contribution in [-0.4, -0.2) is 46.2 Å². The van der Waals surface area contributed by atoms with E-state index >= 15 is 0 Å². The second-order valence-electron chi connectivity index (χ2n) is 5.76. The number of hydrogen-bond acceptors (Lipinski definition) is 4. The van der Waals surface area contributed by atoms with Gasteiger partial charge in [0.2, 0.25) is 0 Å². The Labute approximate surface area is 135 Å². The van der Waals surface area contributed by atoms with Gasteiger partial charge in [-0.3, -0.25) is 4.98 Å². The molecule has 0 unspecified atom stereocenters. The maximum Gasteiger partial charge on any atom is 0.333 e. The predicted molar refractivity (Wildman–Crippen MR) is 86.4 cm³/mol. The molecule has 3 rings (SSSR count). The quantitative estimate of drug-likeness (QED) is 0.912. The van der Waals surface area contributed by atoms with Crippen molar-refractivity contribution in [2.75, 3.05) is 19.8 Å². The van der Waals surface area contributed by atoms with Crippen LogP contribution in [0.2, 0.25) is 0 Å². The average molecular weight is 318 g/mol. The molecule has 1 aromatic heterocycles. The number of aliphatic carboxylic acids is 1. The van der Waals surface area contributed by atoms with Crippen LogP contribution in [0.3, 0.4) is 0 Å². The Morgan fingerprint density at radius 1 is 1.30 bits per heavy atom. The summed E-state index contributed by atoms with van der Waals surface area (Å²) < 4.78 is 5.39. The van der Waals surface area contributed by atoms with Gasteiger partial charge in [-0.25, -0.2) is 4.79 Å². The molecular formula is C17H22N2O4. The van der Waals surface area contributed by atoms with E-state index in [1.54, 1.807) is 12.4 Å².